The van der Waals surface area contributed by atoms with Crippen molar-refractivity contribution in [1.82, 2.24) is 24.5 Å². The SMILES string of the molecule is CCC(C)=C1CCN(C(C)=O)CC1=N/C(=C(\C)N1CCC(Oc2ccc(F)cc2F)CC1)c1cnn(C2CN(C(C)=O)C2)c1. The van der Waals surface area contributed by atoms with Gasteiger partial charge in [0, 0.05) is 82.9 Å². The lowest BCUT2D eigenvalue weighted by Crippen LogP contribution is -2.49. The summed E-state index contributed by atoms with van der Waals surface area (Å²) in [6, 6.07) is 3.49. The number of likely N-dealkylation sites (tertiary alicyclic amines) is 3. The highest BCUT2D eigenvalue weighted by Crippen LogP contribution is 2.31. The normalized spacial score (nSPS) is 20.9. The zero-order chi connectivity index (χ0) is 31.5. The van der Waals surface area contributed by atoms with Gasteiger partial charge in [-0.3, -0.25) is 14.3 Å². The van der Waals surface area contributed by atoms with Gasteiger partial charge in [0.15, 0.2) is 11.6 Å². The van der Waals surface area contributed by atoms with Crippen molar-refractivity contribution in [3.05, 3.63) is 64.6 Å². The summed E-state index contributed by atoms with van der Waals surface area (Å²) < 4.78 is 35.4. The highest BCUT2D eigenvalue weighted by molar-refractivity contribution is 6.07. The number of hydrogen-bond acceptors (Lipinski definition) is 6. The summed E-state index contributed by atoms with van der Waals surface area (Å²) in [7, 11) is 0. The second kappa shape index (κ2) is 13.3. The van der Waals surface area contributed by atoms with E-state index in [1.807, 2.05) is 22.0 Å². The molecule has 0 N–H and O–H groups in total. The Hall–Kier alpha value is -4.02. The van der Waals surface area contributed by atoms with E-state index >= 15 is 0 Å². The largest absolute Gasteiger partial charge is 0.487 e. The first-order valence-electron chi connectivity index (χ1n) is 15.4. The van der Waals surface area contributed by atoms with Gasteiger partial charge < -0.3 is 19.4 Å². The third kappa shape index (κ3) is 6.87. The Bertz CT molecular complexity index is 1500. The number of benzene rings is 1. The van der Waals surface area contributed by atoms with Crippen LogP contribution in [-0.4, -0.2) is 87.4 Å². The molecule has 1 aromatic carbocycles. The fourth-order valence-electron chi connectivity index (χ4n) is 6.03. The molecule has 2 aromatic rings. The molecule has 0 atom stereocenters. The zero-order valence-corrected chi connectivity index (χ0v) is 26.3. The molecule has 0 saturated carbocycles. The number of aliphatic imine (C=N–C) groups is 1. The van der Waals surface area contributed by atoms with E-state index in [0.717, 1.165) is 41.6 Å². The van der Waals surface area contributed by atoms with E-state index in [-0.39, 0.29) is 29.7 Å². The van der Waals surface area contributed by atoms with Gasteiger partial charge in [-0.2, -0.15) is 5.10 Å². The Balaban J connectivity index is 1.44. The van der Waals surface area contributed by atoms with Gasteiger partial charge in [0.05, 0.1) is 30.2 Å². The highest BCUT2D eigenvalue weighted by Gasteiger charge is 2.31. The van der Waals surface area contributed by atoms with Gasteiger partial charge in [-0.05, 0) is 44.4 Å². The predicted octanol–water partition coefficient (Wildman–Crippen LogP) is 5.22. The van der Waals surface area contributed by atoms with Crippen LogP contribution in [-0.2, 0) is 9.59 Å². The van der Waals surface area contributed by atoms with Gasteiger partial charge in [0.25, 0.3) is 0 Å². The van der Waals surface area contributed by atoms with Crippen LogP contribution in [0.15, 0.2) is 52.4 Å². The summed E-state index contributed by atoms with van der Waals surface area (Å²) in [4.78, 5) is 35.3. The first-order chi connectivity index (χ1) is 21.0. The molecule has 236 valence electrons. The number of hydrogen-bond donors (Lipinski definition) is 0. The summed E-state index contributed by atoms with van der Waals surface area (Å²) in [5.41, 5.74) is 6.01. The van der Waals surface area contributed by atoms with Crippen LogP contribution in [0.4, 0.5) is 8.78 Å². The summed E-state index contributed by atoms with van der Waals surface area (Å²) in [5, 5.41) is 4.66. The molecule has 3 aliphatic heterocycles. The van der Waals surface area contributed by atoms with Gasteiger partial charge in [-0.15, -0.1) is 0 Å². The Morgan fingerprint density at radius 1 is 1.00 bits per heavy atom. The average Bonchev–Trinajstić information content (AvgIpc) is 3.45. The molecule has 44 heavy (non-hydrogen) atoms. The number of carbonyl (C=O) groups excluding carboxylic acids is 2. The number of allylic oxidation sites excluding steroid dienone is 2. The van der Waals surface area contributed by atoms with Crippen molar-refractivity contribution in [2.24, 2.45) is 4.99 Å². The Labute approximate surface area is 257 Å². The molecule has 1 aromatic heterocycles. The molecule has 0 unspecified atom stereocenters. The standard InChI is InChI=1S/C33H42F2N6O3/c1-6-21(2)29-11-14-39(23(4)42)20-31(29)37-33(25-16-36-41(17-25)27-18-40(19-27)24(5)43)22(3)38-12-9-28(10-13-38)44-32-8-7-26(34)15-30(32)35/h7-8,15-17,27-28H,6,9-14,18-20H2,1-5H3/b29-21?,33-22+,37-31?. The highest BCUT2D eigenvalue weighted by atomic mass is 19.1. The number of nitrogens with zero attached hydrogens (tertiary/aromatic N) is 6. The van der Waals surface area contributed by atoms with Gasteiger partial charge in [0.1, 0.15) is 11.9 Å². The van der Waals surface area contributed by atoms with E-state index in [1.54, 1.807) is 18.7 Å². The Kier molecular flexibility index (Phi) is 9.51. The van der Waals surface area contributed by atoms with Gasteiger partial charge in [-0.25, -0.2) is 13.8 Å². The van der Waals surface area contributed by atoms with Gasteiger partial charge in [-0.1, -0.05) is 12.5 Å². The van der Waals surface area contributed by atoms with Crippen LogP contribution in [0.3, 0.4) is 0 Å². The molecular weight excluding hydrogens is 566 g/mol. The summed E-state index contributed by atoms with van der Waals surface area (Å²) in [6.07, 6.45) is 6.63. The molecule has 4 heterocycles. The minimum Gasteiger partial charge on any atom is -0.487 e. The predicted molar refractivity (Wildman–Crippen MR) is 165 cm³/mol. The van der Waals surface area contributed by atoms with Crippen molar-refractivity contribution >= 4 is 23.2 Å². The zero-order valence-electron chi connectivity index (χ0n) is 26.3. The summed E-state index contributed by atoms with van der Waals surface area (Å²) in [5.74, 6) is -1.18. The van der Waals surface area contributed by atoms with Crippen molar-refractivity contribution in [1.29, 1.82) is 0 Å². The lowest BCUT2D eigenvalue weighted by atomic mass is 9.95. The minimum absolute atomic E-state index is 0.0284. The van der Waals surface area contributed by atoms with E-state index in [9.17, 15) is 18.4 Å². The van der Waals surface area contributed by atoms with Crippen molar-refractivity contribution in [3.8, 4) is 5.75 Å². The number of rotatable bonds is 7. The number of amides is 2. The van der Waals surface area contributed by atoms with E-state index in [1.165, 1.54) is 23.3 Å². The molecule has 0 spiro atoms. The first kappa shape index (κ1) is 31.4. The Morgan fingerprint density at radius 2 is 1.70 bits per heavy atom. The lowest BCUT2D eigenvalue weighted by Gasteiger charge is -2.38. The summed E-state index contributed by atoms with van der Waals surface area (Å²) >= 11 is 0. The van der Waals surface area contributed by atoms with Crippen LogP contribution in [0, 0.1) is 11.6 Å². The molecule has 3 fully saturated rings. The van der Waals surface area contributed by atoms with Crippen LogP contribution < -0.4 is 4.74 Å². The van der Waals surface area contributed by atoms with Crippen LogP contribution >= 0.6 is 0 Å². The summed E-state index contributed by atoms with van der Waals surface area (Å²) in [6.45, 7) is 13.2. The lowest BCUT2D eigenvalue weighted by molar-refractivity contribution is -0.134. The van der Waals surface area contributed by atoms with E-state index in [4.69, 9.17) is 9.73 Å². The number of halogens is 2. The van der Waals surface area contributed by atoms with Gasteiger partial charge >= 0.3 is 0 Å². The fourth-order valence-corrected chi connectivity index (χ4v) is 6.03. The maximum Gasteiger partial charge on any atom is 0.219 e. The molecule has 11 heteroatoms. The topological polar surface area (TPSA) is 83.3 Å². The molecule has 9 nitrogen and oxygen atoms in total. The third-order valence-corrected chi connectivity index (χ3v) is 9.06. The molecule has 0 radical (unpaired) electrons. The monoisotopic (exact) mass is 608 g/mol. The van der Waals surface area contributed by atoms with Crippen molar-refractivity contribution in [2.75, 3.05) is 39.3 Å². The van der Waals surface area contributed by atoms with Crippen molar-refractivity contribution in [2.45, 2.75) is 72.4 Å². The Morgan fingerprint density at radius 3 is 2.34 bits per heavy atom. The average molecular weight is 609 g/mol. The number of aromatic nitrogens is 2. The van der Waals surface area contributed by atoms with Crippen molar-refractivity contribution < 1.29 is 23.1 Å². The number of piperidine rings is 2. The molecule has 3 saturated heterocycles. The number of carbonyl (C=O) groups is 2. The van der Waals surface area contributed by atoms with Crippen LogP contribution in [0.5, 0.6) is 5.75 Å². The second-order valence-electron chi connectivity index (χ2n) is 12.0. The van der Waals surface area contributed by atoms with Gasteiger partial charge in [0.2, 0.25) is 11.8 Å². The van der Waals surface area contributed by atoms with Crippen molar-refractivity contribution in [3.63, 3.8) is 0 Å². The quantitative estimate of drug-likeness (QED) is 0.431. The maximum atomic E-state index is 14.2. The molecule has 0 bridgehead atoms. The van der Waals surface area contributed by atoms with E-state index in [2.05, 4.69) is 30.8 Å². The fraction of sp³-hybridized carbons (Fsp3) is 0.515. The molecule has 3 aliphatic rings. The maximum absolute atomic E-state index is 14.2. The van der Waals surface area contributed by atoms with Crippen LogP contribution in [0.25, 0.3) is 5.70 Å². The minimum atomic E-state index is -0.699. The van der Waals surface area contributed by atoms with Crippen LogP contribution in [0.1, 0.15) is 71.9 Å². The van der Waals surface area contributed by atoms with E-state index in [0.29, 0.717) is 52.1 Å². The third-order valence-electron chi connectivity index (χ3n) is 9.06. The second-order valence-corrected chi connectivity index (χ2v) is 12.0. The molecular formula is C33H42F2N6O3. The molecule has 0 aliphatic carbocycles. The van der Waals surface area contributed by atoms with E-state index < -0.39 is 11.6 Å². The van der Waals surface area contributed by atoms with Crippen LogP contribution in [0.2, 0.25) is 0 Å². The smallest absolute Gasteiger partial charge is 0.219 e. The first-order valence-corrected chi connectivity index (χ1v) is 15.4. The number of ether oxygens (including phenoxy) is 1. The molecule has 2 amide bonds. The molecule has 5 rings (SSSR count).